The monoisotopic (exact) mass is 373 g/mol. The normalized spacial score (nSPS) is 12.0. The van der Waals surface area contributed by atoms with Gasteiger partial charge in [0.15, 0.2) is 23.3 Å². The number of likely N-dealkylation sites (N-methyl/N-ethyl adjacent to an activating group) is 1. The maximum absolute atomic E-state index is 13.8. The third-order valence-corrected chi connectivity index (χ3v) is 4.11. The third-order valence-electron chi connectivity index (χ3n) is 4.11. The van der Waals surface area contributed by atoms with Gasteiger partial charge in [0.2, 0.25) is 5.82 Å². The first-order valence-corrected chi connectivity index (χ1v) is 7.61. The van der Waals surface area contributed by atoms with Gasteiger partial charge in [-0.2, -0.15) is 0 Å². The van der Waals surface area contributed by atoms with Gasteiger partial charge in [0, 0.05) is 13.1 Å². The van der Waals surface area contributed by atoms with Crippen molar-refractivity contribution in [2.24, 2.45) is 0 Å². The Balaban J connectivity index is 2.33. The summed E-state index contributed by atoms with van der Waals surface area (Å²) in [5, 5.41) is 0. The summed E-state index contributed by atoms with van der Waals surface area (Å²) in [6.45, 7) is 1.58. The van der Waals surface area contributed by atoms with Gasteiger partial charge in [0.1, 0.15) is 11.3 Å². The van der Waals surface area contributed by atoms with Crippen LogP contribution in [-0.4, -0.2) is 31.0 Å². The van der Waals surface area contributed by atoms with Gasteiger partial charge in [-0.25, -0.2) is 22.0 Å². The van der Waals surface area contributed by atoms with Gasteiger partial charge in [0.05, 0.1) is 7.11 Å². The van der Waals surface area contributed by atoms with Crippen LogP contribution in [-0.2, 0) is 6.42 Å². The average Bonchev–Trinajstić information content (AvgIpc) is 2.64. The van der Waals surface area contributed by atoms with Crippen LogP contribution < -0.4 is 4.74 Å². The Morgan fingerprint density at radius 1 is 1.00 bits per heavy atom. The van der Waals surface area contributed by atoms with Gasteiger partial charge in [-0.15, -0.1) is 0 Å². The van der Waals surface area contributed by atoms with Crippen LogP contribution in [0, 0.1) is 29.1 Å². The molecule has 0 aliphatic heterocycles. The summed E-state index contributed by atoms with van der Waals surface area (Å²) in [5.41, 5.74) is -0.754. The largest absolute Gasteiger partial charge is 0.496 e. The van der Waals surface area contributed by atoms with Gasteiger partial charge in [-0.3, -0.25) is 4.79 Å². The molecule has 1 atom stereocenters. The highest BCUT2D eigenvalue weighted by Crippen LogP contribution is 2.25. The molecule has 0 spiro atoms. The van der Waals surface area contributed by atoms with Gasteiger partial charge in [-0.1, -0.05) is 18.2 Å². The molecule has 0 radical (unpaired) electrons. The third kappa shape index (κ3) is 3.49. The number of rotatable bonds is 5. The first-order chi connectivity index (χ1) is 12.2. The molecular weight excluding hydrogens is 357 g/mol. The molecular formula is C18H16F5NO2. The van der Waals surface area contributed by atoms with E-state index in [0.29, 0.717) is 5.75 Å². The predicted molar refractivity (Wildman–Crippen MR) is 84.5 cm³/mol. The average molecular weight is 373 g/mol. The maximum atomic E-state index is 13.8. The minimum absolute atomic E-state index is 0.252. The van der Waals surface area contributed by atoms with Gasteiger partial charge < -0.3 is 9.64 Å². The Labute approximate surface area is 147 Å². The van der Waals surface area contributed by atoms with Crippen molar-refractivity contribution in [1.29, 1.82) is 0 Å². The molecule has 2 rings (SSSR count). The second kappa shape index (κ2) is 7.72. The zero-order chi connectivity index (χ0) is 19.6. The molecule has 1 unspecified atom stereocenters. The van der Waals surface area contributed by atoms with E-state index in [4.69, 9.17) is 4.74 Å². The topological polar surface area (TPSA) is 29.5 Å². The van der Waals surface area contributed by atoms with Crippen molar-refractivity contribution in [3.63, 3.8) is 0 Å². The summed E-state index contributed by atoms with van der Waals surface area (Å²) in [4.78, 5) is 13.3. The van der Waals surface area contributed by atoms with Crippen LogP contribution >= 0.6 is 0 Å². The number of methoxy groups -OCH3 is 1. The van der Waals surface area contributed by atoms with Crippen molar-refractivity contribution >= 4 is 5.91 Å². The van der Waals surface area contributed by atoms with E-state index in [2.05, 4.69) is 0 Å². The molecule has 2 aromatic rings. The predicted octanol–water partition coefficient (Wildman–Crippen LogP) is 4.09. The molecule has 0 saturated carbocycles. The molecule has 0 aliphatic carbocycles. The van der Waals surface area contributed by atoms with E-state index in [1.165, 1.54) is 14.2 Å². The van der Waals surface area contributed by atoms with Crippen molar-refractivity contribution in [3.05, 3.63) is 64.5 Å². The highest BCUT2D eigenvalue weighted by Gasteiger charge is 2.32. The molecule has 2 aromatic carbocycles. The fourth-order valence-electron chi connectivity index (χ4n) is 2.50. The number of carbonyl (C=O) groups excluding carboxylic acids is 1. The molecule has 0 heterocycles. The summed E-state index contributed by atoms with van der Waals surface area (Å²) in [6.07, 6.45) is 0.252. The zero-order valence-corrected chi connectivity index (χ0v) is 14.2. The van der Waals surface area contributed by atoms with E-state index in [0.717, 1.165) is 10.5 Å². The Morgan fingerprint density at radius 2 is 1.50 bits per heavy atom. The molecule has 140 valence electrons. The molecule has 0 fully saturated rings. The van der Waals surface area contributed by atoms with E-state index in [1.807, 2.05) is 0 Å². The minimum Gasteiger partial charge on any atom is -0.496 e. The molecule has 1 amide bonds. The van der Waals surface area contributed by atoms with Crippen molar-refractivity contribution in [3.8, 4) is 5.75 Å². The van der Waals surface area contributed by atoms with Gasteiger partial charge in [-0.05, 0) is 25.0 Å². The Morgan fingerprint density at radius 3 is 2.04 bits per heavy atom. The van der Waals surface area contributed by atoms with Crippen LogP contribution in [0.15, 0.2) is 24.3 Å². The van der Waals surface area contributed by atoms with Crippen molar-refractivity contribution in [2.45, 2.75) is 19.4 Å². The van der Waals surface area contributed by atoms with Crippen LogP contribution in [0.3, 0.4) is 0 Å². The second-order valence-corrected chi connectivity index (χ2v) is 5.73. The fraction of sp³-hybridized carbons (Fsp3) is 0.278. The highest BCUT2D eigenvalue weighted by molar-refractivity contribution is 5.95. The van der Waals surface area contributed by atoms with Crippen LogP contribution in [0.25, 0.3) is 0 Å². The quantitative estimate of drug-likeness (QED) is 0.449. The van der Waals surface area contributed by atoms with Crippen LogP contribution in [0.5, 0.6) is 5.75 Å². The summed E-state index contributed by atoms with van der Waals surface area (Å²) >= 11 is 0. The number of hydrogen-bond acceptors (Lipinski definition) is 2. The highest BCUT2D eigenvalue weighted by atomic mass is 19.2. The van der Waals surface area contributed by atoms with Crippen LogP contribution in [0.2, 0.25) is 0 Å². The second-order valence-electron chi connectivity index (χ2n) is 5.73. The summed E-state index contributed by atoms with van der Waals surface area (Å²) in [6, 6.07) is 6.33. The molecule has 0 bridgehead atoms. The molecule has 26 heavy (non-hydrogen) atoms. The lowest BCUT2D eigenvalue weighted by atomic mass is 10.0. The Kier molecular flexibility index (Phi) is 5.84. The van der Waals surface area contributed by atoms with E-state index in [1.54, 1.807) is 31.2 Å². The number of carbonyl (C=O) groups is 1. The molecule has 0 aliphatic rings. The first-order valence-electron chi connectivity index (χ1n) is 7.61. The lowest BCUT2D eigenvalue weighted by Gasteiger charge is -2.26. The van der Waals surface area contributed by atoms with E-state index in [9.17, 15) is 26.7 Å². The van der Waals surface area contributed by atoms with E-state index < -0.39 is 46.6 Å². The SMILES string of the molecule is COc1ccccc1CC(C)N(C)C(=O)c1c(F)c(F)c(F)c(F)c1F. The number of amides is 1. The minimum atomic E-state index is -2.30. The van der Waals surface area contributed by atoms with E-state index in [-0.39, 0.29) is 6.42 Å². The number of benzene rings is 2. The Hall–Kier alpha value is -2.64. The van der Waals surface area contributed by atoms with Crippen LogP contribution in [0.4, 0.5) is 22.0 Å². The summed E-state index contributed by atoms with van der Waals surface area (Å²) in [7, 11) is 2.69. The lowest BCUT2D eigenvalue weighted by Crippen LogP contribution is -2.38. The molecule has 0 N–H and O–H groups in total. The van der Waals surface area contributed by atoms with Crippen molar-refractivity contribution in [2.75, 3.05) is 14.2 Å². The lowest BCUT2D eigenvalue weighted by molar-refractivity contribution is 0.0729. The number of hydrogen-bond donors (Lipinski definition) is 0. The standard InChI is InChI=1S/C18H16F5NO2/c1-9(8-10-6-4-5-7-11(10)26-3)24(2)18(25)12-13(19)15(21)17(23)16(22)14(12)20/h4-7,9H,8H2,1-3H3. The van der Waals surface area contributed by atoms with Crippen molar-refractivity contribution in [1.82, 2.24) is 4.90 Å². The van der Waals surface area contributed by atoms with Gasteiger partial charge in [0.25, 0.3) is 5.91 Å². The number of nitrogens with zero attached hydrogens (tertiary/aromatic N) is 1. The molecule has 3 nitrogen and oxygen atoms in total. The van der Waals surface area contributed by atoms with Crippen molar-refractivity contribution < 1.29 is 31.5 Å². The van der Waals surface area contributed by atoms with Crippen LogP contribution in [0.1, 0.15) is 22.8 Å². The van der Waals surface area contributed by atoms with E-state index >= 15 is 0 Å². The number of halogens is 5. The fourth-order valence-corrected chi connectivity index (χ4v) is 2.50. The summed E-state index contributed by atoms with van der Waals surface area (Å²) in [5.74, 6) is -11.7. The van der Waals surface area contributed by atoms with Gasteiger partial charge >= 0.3 is 0 Å². The number of para-hydroxylation sites is 1. The molecule has 0 aromatic heterocycles. The summed E-state index contributed by atoms with van der Waals surface area (Å²) < 4.78 is 72.6. The zero-order valence-electron chi connectivity index (χ0n) is 14.2. The maximum Gasteiger partial charge on any atom is 0.260 e. The molecule has 8 heteroatoms. The first kappa shape index (κ1) is 19.7. The number of ether oxygens (including phenoxy) is 1. The molecule has 0 saturated heterocycles. The Bertz CT molecular complexity index is 812. The smallest absolute Gasteiger partial charge is 0.260 e.